The van der Waals surface area contributed by atoms with Crippen molar-refractivity contribution in [2.45, 2.75) is 26.2 Å². The van der Waals surface area contributed by atoms with Crippen LogP contribution in [-0.2, 0) is 5.41 Å². The fourth-order valence-corrected chi connectivity index (χ4v) is 2.40. The standard InChI is InChI=1S/C18H19N3O/c1-18(2,3)14-8-6-7-13(11-14)17-20-19-12-21(17)15-9-4-5-10-16(15)22/h4-12,22H,1-3H3. The van der Waals surface area contributed by atoms with Gasteiger partial charge in [0.15, 0.2) is 5.82 Å². The van der Waals surface area contributed by atoms with E-state index in [-0.39, 0.29) is 11.2 Å². The van der Waals surface area contributed by atoms with Crippen molar-refractivity contribution in [3.63, 3.8) is 0 Å². The lowest BCUT2D eigenvalue weighted by atomic mass is 9.86. The molecule has 112 valence electrons. The molecule has 0 saturated heterocycles. The SMILES string of the molecule is CC(C)(C)c1cccc(-c2nncn2-c2ccccc2O)c1. The summed E-state index contributed by atoms with van der Waals surface area (Å²) < 4.78 is 1.80. The number of aromatic nitrogens is 3. The fourth-order valence-electron chi connectivity index (χ4n) is 2.40. The zero-order valence-electron chi connectivity index (χ0n) is 13.0. The van der Waals surface area contributed by atoms with Gasteiger partial charge in [0.1, 0.15) is 12.1 Å². The van der Waals surface area contributed by atoms with Gasteiger partial charge in [-0.25, -0.2) is 0 Å². The molecular weight excluding hydrogens is 274 g/mol. The summed E-state index contributed by atoms with van der Waals surface area (Å²) in [7, 11) is 0. The van der Waals surface area contributed by atoms with Gasteiger partial charge in [-0.2, -0.15) is 0 Å². The summed E-state index contributed by atoms with van der Waals surface area (Å²) in [5.74, 6) is 0.920. The number of phenols is 1. The van der Waals surface area contributed by atoms with Crippen molar-refractivity contribution in [3.05, 3.63) is 60.4 Å². The highest BCUT2D eigenvalue weighted by Gasteiger charge is 2.16. The Hall–Kier alpha value is -2.62. The maximum Gasteiger partial charge on any atom is 0.168 e. The lowest BCUT2D eigenvalue weighted by Crippen LogP contribution is -2.11. The zero-order chi connectivity index (χ0) is 15.7. The van der Waals surface area contributed by atoms with Gasteiger partial charge in [-0.1, -0.05) is 51.1 Å². The first-order valence-corrected chi connectivity index (χ1v) is 7.26. The Morgan fingerprint density at radius 3 is 2.50 bits per heavy atom. The van der Waals surface area contributed by atoms with Crippen LogP contribution in [0.4, 0.5) is 0 Å². The molecule has 3 aromatic rings. The van der Waals surface area contributed by atoms with Crippen LogP contribution >= 0.6 is 0 Å². The normalized spacial score (nSPS) is 11.6. The Bertz CT molecular complexity index is 800. The molecular formula is C18H19N3O. The molecule has 0 unspecified atom stereocenters. The molecule has 0 fully saturated rings. The third kappa shape index (κ3) is 2.60. The molecule has 1 heterocycles. The minimum Gasteiger partial charge on any atom is -0.506 e. The second kappa shape index (κ2) is 5.30. The predicted molar refractivity (Wildman–Crippen MR) is 87.2 cm³/mol. The average Bonchev–Trinajstić information content (AvgIpc) is 2.96. The number of hydrogen-bond donors (Lipinski definition) is 1. The molecule has 0 radical (unpaired) electrons. The van der Waals surface area contributed by atoms with Gasteiger partial charge in [-0.05, 0) is 29.2 Å². The topological polar surface area (TPSA) is 50.9 Å². The second-order valence-electron chi connectivity index (χ2n) is 6.34. The van der Waals surface area contributed by atoms with E-state index in [4.69, 9.17) is 0 Å². The Kier molecular flexibility index (Phi) is 3.45. The number of hydrogen-bond acceptors (Lipinski definition) is 3. The number of rotatable bonds is 2. The van der Waals surface area contributed by atoms with Crippen LogP contribution in [0.5, 0.6) is 5.75 Å². The average molecular weight is 293 g/mol. The van der Waals surface area contributed by atoms with Gasteiger partial charge in [0, 0.05) is 5.56 Å². The minimum absolute atomic E-state index is 0.0652. The summed E-state index contributed by atoms with van der Waals surface area (Å²) in [5.41, 5.74) is 2.95. The lowest BCUT2D eigenvalue weighted by Gasteiger charge is -2.19. The Labute approximate surface area is 130 Å². The monoisotopic (exact) mass is 293 g/mol. The van der Waals surface area contributed by atoms with Gasteiger partial charge in [-0.15, -0.1) is 10.2 Å². The highest BCUT2D eigenvalue weighted by atomic mass is 16.3. The van der Waals surface area contributed by atoms with E-state index in [1.165, 1.54) is 5.56 Å². The Morgan fingerprint density at radius 1 is 1.00 bits per heavy atom. The number of phenolic OH excluding ortho intramolecular Hbond substituents is 1. The molecule has 0 aliphatic carbocycles. The van der Waals surface area contributed by atoms with Crippen LogP contribution in [0.3, 0.4) is 0 Å². The molecule has 3 rings (SSSR count). The number of para-hydroxylation sites is 2. The van der Waals surface area contributed by atoms with Crippen LogP contribution in [0.25, 0.3) is 17.1 Å². The van der Waals surface area contributed by atoms with E-state index in [9.17, 15) is 5.11 Å². The van der Waals surface area contributed by atoms with Crippen LogP contribution in [0.1, 0.15) is 26.3 Å². The summed E-state index contributed by atoms with van der Waals surface area (Å²) in [5, 5.41) is 18.3. The minimum atomic E-state index is 0.0652. The summed E-state index contributed by atoms with van der Waals surface area (Å²) in [6.07, 6.45) is 1.62. The summed E-state index contributed by atoms with van der Waals surface area (Å²) in [6, 6.07) is 15.5. The van der Waals surface area contributed by atoms with E-state index >= 15 is 0 Å². The van der Waals surface area contributed by atoms with E-state index in [1.807, 2.05) is 24.3 Å². The Morgan fingerprint density at radius 2 is 1.77 bits per heavy atom. The van der Waals surface area contributed by atoms with Gasteiger partial charge in [0.2, 0.25) is 0 Å². The van der Waals surface area contributed by atoms with Crippen molar-refractivity contribution in [1.82, 2.24) is 14.8 Å². The molecule has 1 aromatic heterocycles. The van der Waals surface area contributed by atoms with Crippen LogP contribution in [-0.4, -0.2) is 19.9 Å². The first kappa shape index (κ1) is 14.3. The van der Waals surface area contributed by atoms with E-state index < -0.39 is 0 Å². The van der Waals surface area contributed by atoms with Crippen molar-refractivity contribution < 1.29 is 5.11 Å². The van der Waals surface area contributed by atoms with E-state index in [2.05, 4.69) is 43.1 Å². The van der Waals surface area contributed by atoms with Crippen molar-refractivity contribution in [3.8, 4) is 22.8 Å². The van der Waals surface area contributed by atoms with E-state index in [0.717, 1.165) is 5.56 Å². The fraction of sp³-hybridized carbons (Fsp3) is 0.222. The first-order valence-electron chi connectivity index (χ1n) is 7.26. The lowest BCUT2D eigenvalue weighted by molar-refractivity contribution is 0.472. The van der Waals surface area contributed by atoms with Crippen LogP contribution in [0, 0.1) is 0 Å². The number of benzene rings is 2. The third-order valence-corrected chi connectivity index (χ3v) is 3.68. The van der Waals surface area contributed by atoms with Crippen molar-refractivity contribution in [2.75, 3.05) is 0 Å². The molecule has 4 nitrogen and oxygen atoms in total. The summed E-state index contributed by atoms with van der Waals surface area (Å²) in [6.45, 7) is 6.54. The van der Waals surface area contributed by atoms with E-state index in [1.54, 1.807) is 23.0 Å². The largest absolute Gasteiger partial charge is 0.506 e. The maximum atomic E-state index is 10.1. The molecule has 0 aliphatic heterocycles. The van der Waals surface area contributed by atoms with Gasteiger partial charge in [-0.3, -0.25) is 4.57 Å². The number of aromatic hydroxyl groups is 1. The molecule has 0 amide bonds. The van der Waals surface area contributed by atoms with Gasteiger partial charge in [0.05, 0.1) is 5.69 Å². The van der Waals surface area contributed by atoms with Gasteiger partial charge in [0.25, 0.3) is 0 Å². The number of nitrogens with zero attached hydrogens (tertiary/aromatic N) is 3. The first-order chi connectivity index (χ1) is 10.5. The highest BCUT2D eigenvalue weighted by molar-refractivity contribution is 5.61. The van der Waals surface area contributed by atoms with Crippen LogP contribution in [0.15, 0.2) is 54.9 Å². The van der Waals surface area contributed by atoms with Crippen LogP contribution < -0.4 is 0 Å². The molecule has 22 heavy (non-hydrogen) atoms. The molecule has 4 heteroatoms. The molecule has 2 aromatic carbocycles. The smallest absolute Gasteiger partial charge is 0.168 e. The molecule has 0 spiro atoms. The molecule has 1 N–H and O–H groups in total. The second-order valence-corrected chi connectivity index (χ2v) is 6.34. The maximum absolute atomic E-state index is 10.1. The highest BCUT2D eigenvalue weighted by Crippen LogP contribution is 2.29. The van der Waals surface area contributed by atoms with Gasteiger partial charge >= 0.3 is 0 Å². The summed E-state index contributed by atoms with van der Waals surface area (Å²) in [4.78, 5) is 0. The van der Waals surface area contributed by atoms with Crippen molar-refractivity contribution in [1.29, 1.82) is 0 Å². The molecule has 0 aliphatic rings. The van der Waals surface area contributed by atoms with Crippen molar-refractivity contribution >= 4 is 0 Å². The summed E-state index contributed by atoms with van der Waals surface area (Å²) >= 11 is 0. The molecule has 0 saturated carbocycles. The Balaban J connectivity index is 2.12. The van der Waals surface area contributed by atoms with E-state index in [0.29, 0.717) is 11.5 Å². The van der Waals surface area contributed by atoms with Crippen molar-refractivity contribution in [2.24, 2.45) is 0 Å². The zero-order valence-corrected chi connectivity index (χ0v) is 13.0. The van der Waals surface area contributed by atoms with Gasteiger partial charge < -0.3 is 5.11 Å². The molecule has 0 atom stereocenters. The third-order valence-electron chi connectivity index (χ3n) is 3.68. The van der Waals surface area contributed by atoms with Crippen LogP contribution in [0.2, 0.25) is 0 Å². The quantitative estimate of drug-likeness (QED) is 0.778. The molecule has 0 bridgehead atoms. The predicted octanol–water partition coefficient (Wildman–Crippen LogP) is 3.94.